The van der Waals surface area contributed by atoms with E-state index < -0.39 is 0 Å². The molecule has 2 nitrogen and oxygen atoms in total. The molecule has 0 amide bonds. The van der Waals surface area contributed by atoms with Gasteiger partial charge < -0.3 is 0 Å². The maximum atomic E-state index is 2.63. The zero-order valence-corrected chi connectivity index (χ0v) is 27.5. The van der Waals surface area contributed by atoms with E-state index in [1.165, 1.54) is 199 Å². The van der Waals surface area contributed by atoms with Crippen LogP contribution in [-0.4, -0.2) is 4.57 Å². The van der Waals surface area contributed by atoms with E-state index in [1.807, 2.05) is 0 Å². The Morgan fingerprint density at radius 2 is 0.795 bits per heavy atom. The molecule has 0 saturated carbocycles. The molecule has 0 spiro atoms. The standard InChI is InChI=1S/C37H73N2/c1-4-7-10-13-16-18-20-22-24-26-29-32-37-38(33-30-27-15-12-9-6-3)35-36-39(37)34-31-28-25-23-21-19-17-14-11-8-5-2/h35-36H,4-34H2,1-3H3/q+1. The highest BCUT2D eigenvalue weighted by Crippen LogP contribution is 2.15. The molecule has 1 aromatic rings. The van der Waals surface area contributed by atoms with E-state index in [-0.39, 0.29) is 0 Å². The van der Waals surface area contributed by atoms with Crippen LogP contribution >= 0.6 is 0 Å². The normalized spacial score (nSPS) is 11.6. The van der Waals surface area contributed by atoms with Gasteiger partial charge in [0.05, 0.1) is 13.1 Å². The van der Waals surface area contributed by atoms with Crippen LogP contribution in [0.15, 0.2) is 12.4 Å². The molecule has 0 bridgehead atoms. The fraction of sp³-hybridized carbons (Fsp3) is 0.919. The molecule has 0 saturated heterocycles. The van der Waals surface area contributed by atoms with Crippen molar-refractivity contribution >= 4 is 0 Å². The Hall–Kier alpha value is -0.790. The molecule has 0 fully saturated rings. The predicted molar refractivity (Wildman–Crippen MR) is 175 cm³/mol. The molecule has 0 atom stereocenters. The minimum absolute atomic E-state index is 1.23. The average Bonchev–Trinajstić information content (AvgIpc) is 3.33. The van der Waals surface area contributed by atoms with Crippen molar-refractivity contribution in [2.45, 2.75) is 220 Å². The van der Waals surface area contributed by atoms with Gasteiger partial charge in [-0.3, -0.25) is 0 Å². The number of aromatic nitrogens is 2. The highest BCUT2D eigenvalue weighted by molar-refractivity contribution is 4.84. The number of nitrogens with zero attached hydrogens (tertiary/aromatic N) is 2. The van der Waals surface area contributed by atoms with Crippen LogP contribution in [0.25, 0.3) is 0 Å². The molecular formula is C37H73N2+. The molecule has 1 rings (SSSR count). The van der Waals surface area contributed by atoms with Crippen LogP contribution in [0.3, 0.4) is 0 Å². The summed E-state index contributed by atoms with van der Waals surface area (Å²) in [4.78, 5) is 0. The summed E-state index contributed by atoms with van der Waals surface area (Å²) >= 11 is 0. The van der Waals surface area contributed by atoms with Crippen LogP contribution in [0.2, 0.25) is 0 Å². The van der Waals surface area contributed by atoms with Gasteiger partial charge in [0.1, 0.15) is 12.4 Å². The summed E-state index contributed by atoms with van der Waals surface area (Å²) in [5, 5.41) is 0. The van der Waals surface area contributed by atoms with Crippen LogP contribution in [-0.2, 0) is 19.5 Å². The molecule has 1 aromatic heterocycles. The number of imidazole rings is 1. The second-order valence-corrected chi connectivity index (χ2v) is 12.7. The molecule has 0 aromatic carbocycles. The first-order chi connectivity index (χ1) is 19.3. The summed E-state index contributed by atoms with van der Waals surface area (Å²) < 4.78 is 5.25. The van der Waals surface area contributed by atoms with Crippen LogP contribution < -0.4 is 4.57 Å². The minimum Gasteiger partial charge on any atom is -0.234 e. The molecule has 2 heteroatoms. The molecule has 0 aliphatic rings. The summed E-state index contributed by atoms with van der Waals surface area (Å²) in [6.45, 7) is 9.39. The van der Waals surface area contributed by atoms with E-state index >= 15 is 0 Å². The monoisotopic (exact) mass is 546 g/mol. The molecule has 0 aliphatic carbocycles. The van der Waals surface area contributed by atoms with Gasteiger partial charge in [-0.2, -0.15) is 0 Å². The Kier molecular flexibility index (Phi) is 26.7. The second kappa shape index (κ2) is 28.7. The van der Waals surface area contributed by atoms with Crippen LogP contribution in [0, 0.1) is 0 Å². The molecule has 230 valence electrons. The summed E-state index contributed by atoms with van der Waals surface area (Å²) in [6.07, 6.45) is 45.9. The third-order valence-electron chi connectivity index (χ3n) is 8.85. The van der Waals surface area contributed by atoms with E-state index in [9.17, 15) is 0 Å². The maximum Gasteiger partial charge on any atom is 0.256 e. The van der Waals surface area contributed by atoms with Gasteiger partial charge in [-0.25, -0.2) is 9.13 Å². The zero-order valence-electron chi connectivity index (χ0n) is 27.5. The van der Waals surface area contributed by atoms with Crippen molar-refractivity contribution in [3.8, 4) is 0 Å². The Morgan fingerprint density at radius 3 is 1.23 bits per heavy atom. The van der Waals surface area contributed by atoms with Crippen molar-refractivity contribution in [3.63, 3.8) is 0 Å². The topological polar surface area (TPSA) is 8.81 Å². The average molecular weight is 546 g/mol. The fourth-order valence-electron chi connectivity index (χ4n) is 6.15. The Labute approximate surface area is 247 Å². The van der Waals surface area contributed by atoms with E-state index in [1.54, 1.807) is 5.82 Å². The van der Waals surface area contributed by atoms with Gasteiger partial charge in [0.15, 0.2) is 0 Å². The number of aryl methyl sites for hydroxylation is 2. The third-order valence-corrected chi connectivity index (χ3v) is 8.85. The smallest absolute Gasteiger partial charge is 0.234 e. The molecule has 1 heterocycles. The quantitative estimate of drug-likeness (QED) is 0.0648. The van der Waals surface area contributed by atoms with Crippen molar-refractivity contribution in [2.24, 2.45) is 0 Å². The first-order valence-electron chi connectivity index (χ1n) is 18.4. The summed E-state index contributed by atoms with van der Waals surface area (Å²) in [5.41, 5.74) is 0. The highest BCUT2D eigenvalue weighted by atomic mass is 15.1. The number of hydrogen-bond donors (Lipinski definition) is 0. The van der Waals surface area contributed by atoms with Crippen molar-refractivity contribution < 1.29 is 4.57 Å². The molecule has 0 radical (unpaired) electrons. The first kappa shape index (κ1) is 36.2. The number of hydrogen-bond acceptors (Lipinski definition) is 0. The Bertz CT molecular complexity index is 605. The molecule has 0 aliphatic heterocycles. The van der Waals surface area contributed by atoms with Crippen LogP contribution in [0.5, 0.6) is 0 Å². The SMILES string of the molecule is CCCCCCCCCCCCCc1n(CCCCCCCC)cc[n+]1CCCCCCCCCCCCC. The van der Waals surface area contributed by atoms with E-state index in [2.05, 4.69) is 42.3 Å². The lowest BCUT2D eigenvalue weighted by atomic mass is 10.0. The third kappa shape index (κ3) is 21.6. The van der Waals surface area contributed by atoms with Crippen LogP contribution in [0.1, 0.15) is 206 Å². The van der Waals surface area contributed by atoms with Crippen molar-refractivity contribution in [2.75, 3.05) is 0 Å². The summed E-state index contributed by atoms with van der Waals surface area (Å²) in [6, 6.07) is 0. The van der Waals surface area contributed by atoms with Crippen molar-refractivity contribution in [1.82, 2.24) is 4.57 Å². The van der Waals surface area contributed by atoms with Crippen molar-refractivity contribution in [1.29, 1.82) is 0 Å². The zero-order chi connectivity index (χ0) is 28.1. The number of rotatable bonds is 31. The van der Waals surface area contributed by atoms with Gasteiger partial charge in [0.25, 0.3) is 5.82 Å². The second-order valence-electron chi connectivity index (χ2n) is 12.7. The minimum atomic E-state index is 1.23. The van der Waals surface area contributed by atoms with Crippen molar-refractivity contribution in [3.05, 3.63) is 18.2 Å². The van der Waals surface area contributed by atoms with Gasteiger partial charge >= 0.3 is 0 Å². The highest BCUT2D eigenvalue weighted by Gasteiger charge is 2.16. The lowest BCUT2D eigenvalue weighted by Gasteiger charge is -2.07. The maximum absolute atomic E-state index is 2.63. The molecular weight excluding hydrogens is 472 g/mol. The molecule has 0 N–H and O–H groups in total. The van der Waals surface area contributed by atoms with E-state index in [4.69, 9.17) is 0 Å². The lowest BCUT2D eigenvalue weighted by Crippen LogP contribution is -2.37. The van der Waals surface area contributed by atoms with Gasteiger partial charge in [-0.15, -0.1) is 0 Å². The fourth-order valence-corrected chi connectivity index (χ4v) is 6.15. The van der Waals surface area contributed by atoms with E-state index in [0.717, 1.165) is 0 Å². The summed E-state index contributed by atoms with van der Waals surface area (Å²) in [5.74, 6) is 1.62. The van der Waals surface area contributed by atoms with E-state index in [0.29, 0.717) is 0 Å². The van der Waals surface area contributed by atoms with Gasteiger partial charge in [0.2, 0.25) is 0 Å². The Morgan fingerprint density at radius 1 is 0.436 bits per heavy atom. The van der Waals surface area contributed by atoms with Gasteiger partial charge in [-0.05, 0) is 32.1 Å². The Balaban J connectivity index is 2.29. The van der Waals surface area contributed by atoms with Crippen LogP contribution in [0.4, 0.5) is 0 Å². The molecule has 0 unspecified atom stereocenters. The van der Waals surface area contributed by atoms with Gasteiger partial charge in [-0.1, -0.05) is 168 Å². The lowest BCUT2D eigenvalue weighted by molar-refractivity contribution is -0.704. The number of unbranched alkanes of at least 4 members (excludes halogenated alkanes) is 25. The van der Waals surface area contributed by atoms with Gasteiger partial charge in [0, 0.05) is 6.42 Å². The predicted octanol–water partition coefficient (Wildman–Crippen LogP) is 12.3. The molecule has 39 heavy (non-hydrogen) atoms. The summed E-state index contributed by atoms with van der Waals surface area (Å²) in [7, 11) is 0. The first-order valence-corrected chi connectivity index (χ1v) is 18.4. The largest absolute Gasteiger partial charge is 0.256 e.